The van der Waals surface area contributed by atoms with Crippen molar-refractivity contribution in [2.24, 2.45) is 0 Å². The first-order valence-corrected chi connectivity index (χ1v) is 4.53. The molecule has 0 amide bonds. The number of alkyl halides is 1. The van der Waals surface area contributed by atoms with Crippen LogP contribution in [-0.4, -0.2) is 18.6 Å². The van der Waals surface area contributed by atoms with Crippen molar-refractivity contribution in [1.82, 2.24) is 4.98 Å². The van der Waals surface area contributed by atoms with Crippen LogP contribution in [0, 0.1) is 0 Å². The van der Waals surface area contributed by atoms with Crippen molar-refractivity contribution in [2.75, 3.05) is 18.5 Å². The van der Waals surface area contributed by atoms with Gasteiger partial charge in [-0.3, -0.25) is 4.98 Å². The van der Waals surface area contributed by atoms with E-state index in [9.17, 15) is 0 Å². The summed E-state index contributed by atoms with van der Waals surface area (Å²) in [6.07, 6.45) is 1.79. The first-order valence-electron chi connectivity index (χ1n) is 4.00. The SMILES string of the molecule is CCN(C)c1ccnc(CCl)c1. The van der Waals surface area contributed by atoms with Gasteiger partial charge in [0.1, 0.15) is 0 Å². The van der Waals surface area contributed by atoms with Crippen molar-refractivity contribution in [3.8, 4) is 0 Å². The van der Waals surface area contributed by atoms with Gasteiger partial charge in [-0.15, -0.1) is 11.6 Å². The molecular weight excluding hydrogens is 172 g/mol. The minimum absolute atomic E-state index is 0.478. The Morgan fingerprint density at radius 1 is 1.58 bits per heavy atom. The molecule has 0 aromatic carbocycles. The second-order valence-corrected chi connectivity index (χ2v) is 2.92. The molecule has 0 unspecified atom stereocenters. The number of rotatable bonds is 3. The molecule has 0 aliphatic heterocycles. The van der Waals surface area contributed by atoms with E-state index in [0.717, 1.165) is 12.2 Å². The maximum atomic E-state index is 5.67. The smallest absolute Gasteiger partial charge is 0.0648 e. The molecule has 0 radical (unpaired) electrons. The van der Waals surface area contributed by atoms with Gasteiger partial charge in [-0.1, -0.05) is 0 Å². The van der Waals surface area contributed by atoms with E-state index >= 15 is 0 Å². The van der Waals surface area contributed by atoms with Crippen molar-refractivity contribution >= 4 is 17.3 Å². The van der Waals surface area contributed by atoms with Crippen LogP contribution in [0.1, 0.15) is 12.6 Å². The molecule has 1 heterocycles. The Labute approximate surface area is 78.2 Å². The normalized spacial score (nSPS) is 9.92. The average Bonchev–Trinajstić information content (AvgIpc) is 2.17. The van der Waals surface area contributed by atoms with E-state index in [2.05, 4.69) is 16.8 Å². The van der Waals surface area contributed by atoms with Gasteiger partial charge in [-0.25, -0.2) is 0 Å². The molecule has 0 atom stereocenters. The second kappa shape index (κ2) is 4.31. The van der Waals surface area contributed by atoms with E-state index in [0.29, 0.717) is 5.88 Å². The van der Waals surface area contributed by atoms with Crippen LogP contribution in [0.15, 0.2) is 18.3 Å². The van der Waals surface area contributed by atoms with Gasteiger partial charge in [-0.2, -0.15) is 0 Å². The third-order valence-corrected chi connectivity index (χ3v) is 2.13. The van der Waals surface area contributed by atoms with E-state index in [1.165, 1.54) is 5.69 Å². The summed E-state index contributed by atoms with van der Waals surface area (Å²) in [7, 11) is 2.05. The summed E-state index contributed by atoms with van der Waals surface area (Å²) >= 11 is 5.67. The van der Waals surface area contributed by atoms with E-state index in [-0.39, 0.29) is 0 Å². The van der Waals surface area contributed by atoms with Crippen molar-refractivity contribution in [3.05, 3.63) is 24.0 Å². The first-order chi connectivity index (χ1) is 5.77. The number of pyridine rings is 1. The van der Waals surface area contributed by atoms with Gasteiger partial charge in [0.25, 0.3) is 0 Å². The Balaban J connectivity index is 2.86. The molecule has 2 nitrogen and oxygen atoms in total. The quantitative estimate of drug-likeness (QED) is 0.671. The van der Waals surface area contributed by atoms with Crippen LogP contribution in [0.25, 0.3) is 0 Å². The molecule has 12 heavy (non-hydrogen) atoms. The standard InChI is InChI=1S/C9H13ClN2/c1-3-12(2)9-4-5-11-8(6-9)7-10/h4-6H,3,7H2,1-2H3. The lowest BCUT2D eigenvalue weighted by Crippen LogP contribution is -2.15. The van der Waals surface area contributed by atoms with Crippen LogP contribution in [0.5, 0.6) is 0 Å². The van der Waals surface area contributed by atoms with Crippen LogP contribution < -0.4 is 4.90 Å². The molecular formula is C9H13ClN2. The fourth-order valence-electron chi connectivity index (χ4n) is 0.959. The summed E-state index contributed by atoms with van der Waals surface area (Å²) in [5.41, 5.74) is 2.10. The predicted octanol–water partition coefficient (Wildman–Crippen LogP) is 2.28. The monoisotopic (exact) mass is 184 g/mol. The van der Waals surface area contributed by atoms with Crippen molar-refractivity contribution in [2.45, 2.75) is 12.8 Å². The Hall–Kier alpha value is -0.760. The molecule has 66 valence electrons. The Morgan fingerprint density at radius 3 is 2.92 bits per heavy atom. The highest BCUT2D eigenvalue weighted by atomic mass is 35.5. The Bertz CT molecular complexity index is 250. The lowest BCUT2D eigenvalue weighted by Gasteiger charge is -2.16. The molecule has 3 heteroatoms. The number of nitrogens with zero attached hydrogens (tertiary/aromatic N) is 2. The van der Waals surface area contributed by atoms with Crippen LogP contribution in [0.2, 0.25) is 0 Å². The fraction of sp³-hybridized carbons (Fsp3) is 0.444. The predicted molar refractivity (Wildman–Crippen MR) is 52.7 cm³/mol. The summed E-state index contributed by atoms with van der Waals surface area (Å²) in [6.45, 7) is 3.10. The molecule has 1 aromatic heterocycles. The second-order valence-electron chi connectivity index (χ2n) is 2.65. The number of hydrogen-bond acceptors (Lipinski definition) is 2. The van der Waals surface area contributed by atoms with Gasteiger partial charge in [0.2, 0.25) is 0 Å². The van der Waals surface area contributed by atoms with Crippen molar-refractivity contribution in [3.63, 3.8) is 0 Å². The molecule has 0 saturated carbocycles. The lowest BCUT2D eigenvalue weighted by molar-refractivity contribution is 0.960. The lowest BCUT2D eigenvalue weighted by atomic mass is 10.3. The number of anilines is 1. The summed E-state index contributed by atoms with van der Waals surface area (Å²) in [4.78, 5) is 6.27. The van der Waals surface area contributed by atoms with Crippen LogP contribution in [0.4, 0.5) is 5.69 Å². The number of hydrogen-bond donors (Lipinski definition) is 0. The van der Waals surface area contributed by atoms with E-state index in [1.807, 2.05) is 19.2 Å². The third kappa shape index (κ3) is 2.11. The molecule has 0 spiro atoms. The van der Waals surface area contributed by atoms with Gasteiger partial charge in [-0.05, 0) is 19.1 Å². The maximum absolute atomic E-state index is 5.67. The van der Waals surface area contributed by atoms with E-state index in [1.54, 1.807) is 6.20 Å². The average molecular weight is 185 g/mol. The van der Waals surface area contributed by atoms with Gasteiger partial charge in [0, 0.05) is 25.5 Å². The van der Waals surface area contributed by atoms with E-state index in [4.69, 9.17) is 11.6 Å². The van der Waals surface area contributed by atoms with Gasteiger partial charge < -0.3 is 4.90 Å². The molecule has 0 bridgehead atoms. The highest BCUT2D eigenvalue weighted by molar-refractivity contribution is 6.16. The van der Waals surface area contributed by atoms with Crippen LogP contribution in [-0.2, 0) is 5.88 Å². The highest BCUT2D eigenvalue weighted by Gasteiger charge is 1.98. The summed E-state index contributed by atoms with van der Waals surface area (Å²) in [6, 6.07) is 4.00. The minimum Gasteiger partial charge on any atom is -0.375 e. The number of aromatic nitrogens is 1. The van der Waals surface area contributed by atoms with Gasteiger partial charge in [0.05, 0.1) is 11.6 Å². The topological polar surface area (TPSA) is 16.1 Å². The zero-order chi connectivity index (χ0) is 8.97. The first kappa shape index (κ1) is 9.33. The van der Waals surface area contributed by atoms with Gasteiger partial charge in [0.15, 0.2) is 0 Å². The van der Waals surface area contributed by atoms with Crippen molar-refractivity contribution < 1.29 is 0 Å². The molecule has 0 aliphatic rings. The van der Waals surface area contributed by atoms with E-state index < -0.39 is 0 Å². The minimum atomic E-state index is 0.478. The molecule has 1 aromatic rings. The molecule has 0 aliphatic carbocycles. The molecule has 0 fully saturated rings. The summed E-state index contributed by atoms with van der Waals surface area (Å²) in [5.74, 6) is 0.478. The zero-order valence-corrected chi connectivity index (χ0v) is 8.17. The zero-order valence-electron chi connectivity index (χ0n) is 7.42. The fourth-order valence-corrected chi connectivity index (χ4v) is 1.10. The molecule has 0 N–H and O–H groups in total. The maximum Gasteiger partial charge on any atom is 0.0648 e. The highest BCUT2D eigenvalue weighted by Crippen LogP contribution is 2.13. The Kier molecular flexibility index (Phi) is 3.35. The number of halogens is 1. The van der Waals surface area contributed by atoms with Gasteiger partial charge >= 0.3 is 0 Å². The molecule has 0 saturated heterocycles. The molecule has 1 rings (SSSR count). The Morgan fingerprint density at radius 2 is 2.33 bits per heavy atom. The third-order valence-electron chi connectivity index (χ3n) is 1.85. The largest absolute Gasteiger partial charge is 0.375 e. The summed E-state index contributed by atoms with van der Waals surface area (Å²) in [5, 5.41) is 0. The van der Waals surface area contributed by atoms with Crippen LogP contribution in [0.3, 0.4) is 0 Å². The van der Waals surface area contributed by atoms with Crippen LogP contribution >= 0.6 is 11.6 Å². The summed E-state index contributed by atoms with van der Waals surface area (Å²) < 4.78 is 0. The van der Waals surface area contributed by atoms with Crippen molar-refractivity contribution in [1.29, 1.82) is 0 Å².